The van der Waals surface area contributed by atoms with Gasteiger partial charge in [-0.2, -0.15) is 0 Å². The fourth-order valence-corrected chi connectivity index (χ4v) is 3.59. The molecule has 1 fully saturated rings. The van der Waals surface area contributed by atoms with Gasteiger partial charge in [-0.05, 0) is 37.5 Å². The molecule has 0 radical (unpaired) electrons. The van der Waals surface area contributed by atoms with E-state index < -0.39 is 9.84 Å². The third-order valence-electron chi connectivity index (χ3n) is 4.43. The topological polar surface area (TPSA) is 88.1 Å². The molecule has 0 amide bonds. The van der Waals surface area contributed by atoms with Crippen LogP contribution in [0.2, 0.25) is 0 Å². The van der Waals surface area contributed by atoms with Crippen molar-refractivity contribution in [1.82, 2.24) is 10.2 Å². The number of sulfone groups is 1. The number of nitrogens with one attached hydrogen (secondary N) is 1. The molecular weight excluding hydrogens is 354 g/mol. The summed E-state index contributed by atoms with van der Waals surface area (Å²) in [5, 5.41) is 3.29. The second-order valence-corrected chi connectivity index (χ2v) is 8.35. The Balaban J connectivity index is 1.88. The molecule has 1 aliphatic heterocycles. The zero-order valence-electron chi connectivity index (χ0n) is 15.6. The monoisotopic (exact) mass is 381 g/mol. The molecule has 1 aromatic rings. The predicted molar refractivity (Wildman–Crippen MR) is 101 cm³/mol. The van der Waals surface area contributed by atoms with Crippen LogP contribution in [0.3, 0.4) is 0 Å². The smallest absolute Gasteiger partial charge is 0.309 e. The summed E-state index contributed by atoms with van der Waals surface area (Å²) in [4.78, 5) is 18.6. The van der Waals surface area contributed by atoms with Crippen molar-refractivity contribution in [3.05, 3.63) is 29.8 Å². The lowest BCUT2D eigenvalue weighted by Crippen LogP contribution is -2.46. The minimum Gasteiger partial charge on any atom is -0.466 e. The lowest BCUT2D eigenvalue weighted by atomic mass is 9.97. The predicted octanol–water partition coefficient (Wildman–Crippen LogP) is 1.44. The van der Waals surface area contributed by atoms with Crippen LogP contribution >= 0.6 is 0 Å². The van der Waals surface area contributed by atoms with Gasteiger partial charge in [0, 0.05) is 32.9 Å². The second kappa shape index (κ2) is 9.02. The van der Waals surface area contributed by atoms with Gasteiger partial charge in [0.25, 0.3) is 0 Å². The number of hydrogen-bond donors (Lipinski definition) is 1. The summed E-state index contributed by atoms with van der Waals surface area (Å²) >= 11 is 0. The van der Waals surface area contributed by atoms with E-state index in [0.717, 1.165) is 37.5 Å². The van der Waals surface area contributed by atoms with Crippen molar-refractivity contribution in [3.63, 3.8) is 0 Å². The normalized spacial score (nSPS) is 16.4. The number of ether oxygens (including phenoxy) is 1. The molecule has 8 heteroatoms. The van der Waals surface area contributed by atoms with E-state index in [9.17, 15) is 13.2 Å². The average Bonchev–Trinajstić information content (AvgIpc) is 2.62. The molecule has 144 valence electrons. The van der Waals surface area contributed by atoms with Crippen molar-refractivity contribution in [2.24, 2.45) is 10.9 Å². The van der Waals surface area contributed by atoms with E-state index in [1.807, 2.05) is 6.92 Å². The Morgan fingerprint density at radius 3 is 2.38 bits per heavy atom. The number of likely N-dealkylation sites (tertiary alicyclic amines) is 1. The van der Waals surface area contributed by atoms with Crippen LogP contribution in [0.1, 0.15) is 25.3 Å². The number of benzene rings is 1. The quantitative estimate of drug-likeness (QED) is 0.472. The number of carbonyl (C=O) groups excluding carboxylic acids is 1. The lowest BCUT2D eigenvalue weighted by molar-refractivity contribution is -0.149. The van der Waals surface area contributed by atoms with Gasteiger partial charge in [-0.3, -0.25) is 9.79 Å². The Bertz CT molecular complexity index is 736. The van der Waals surface area contributed by atoms with Crippen LogP contribution < -0.4 is 5.32 Å². The lowest BCUT2D eigenvalue weighted by Gasteiger charge is -2.33. The SMILES string of the molecule is CCOC(=O)C1CCN(C(=NC)NCc2ccc(S(C)(=O)=O)cc2)CC1. The van der Waals surface area contributed by atoms with Gasteiger partial charge < -0.3 is 15.0 Å². The van der Waals surface area contributed by atoms with Gasteiger partial charge in [0.05, 0.1) is 17.4 Å². The minimum atomic E-state index is -3.18. The van der Waals surface area contributed by atoms with Crippen LogP contribution in [0, 0.1) is 5.92 Å². The molecule has 7 nitrogen and oxygen atoms in total. The van der Waals surface area contributed by atoms with Crippen molar-refractivity contribution in [3.8, 4) is 0 Å². The van der Waals surface area contributed by atoms with Crippen molar-refractivity contribution >= 4 is 21.8 Å². The molecule has 0 unspecified atom stereocenters. The maximum Gasteiger partial charge on any atom is 0.309 e. The van der Waals surface area contributed by atoms with Gasteiger partial charge in [0.1, 0.15) is 0 Å². The molecule has 1 aliphatic rings. The first-order valence-electron chi connectivity index (χ1n) is 8.76. The summed E-state index contributed by atoms with van der Waals surface area (Å²) in [6.45, 7) is 4.28. The number of aliphatic imine (C=N–C) groups is 1. The first kappa shape index (κ1) is 20.2. The van der Waals surface area contributed by atoms with E-state index >= 15 is 0 Å². The first-order valence-corrected chi connectivity index (χ1v) is 10.7. The van der Waals surface area contributed by atoms with E-state index in [-0.39, 0.29) is 11.9 Å². The number of piperidine rings is 1. The second-order valence-electron chi connectivity index (χ2n) is 6.33. The molecule has 0 spiro atoms. The van der Waals surface area contributed by atoms with Crippen molar-refractivity contribution in [1.29, 1.82) is 0 Å². The zero-order chi connectivity index (χ0) is 19.2. The molecule has 1 saturated heterocycles. The number of carbonyl (C=O) groups is 1. The molecule has 0 aliphatic carbocycles. The third-order valence-corrected chi connectivity index (χ3v) is 5.56. The Kier molecular flexibility index (Phi) is 7.02. The van der Waals surface area contributed by atoms with Crippen LogP contribution in [0.25, 0.3) is 0 Å². The summed E-state index contributed by atoms with van der Waals surface area (Å²) in [5.41, 5.74) is 0.972. The van der Waals surface area contributed by atoms with E-state index in [4.69, 9.17) is 4.74 Å². The minimum absolute atomic E-state index is 0.0344. The van der Waals surface area contributed by atoms with Crippen LogP contribution in [0.15, 0.2) is 34.2 Å². The van der Waals surface area contributed by atoms with E-state index in [1.165, 1.54) is 6.26 Å². The number of esters is 1. The van der Waals surface area contributed by atoms with Crippen molar-refractivity contribution in [2.75, 3.05) is 33.0 Å². The third kappa shape index (κ3) is 5.45. The molecular formula is C18H27N3O4S. The number of rotatable bonds is 5. The highest BCUT2D eigenvalue weighted by atomic mass is 32.2. The summed E-state index contributed by atoms with van der Waals surface area (Å²) in [7, 11) is -1.45. The van der Waals surface area contributed by atoms with Gasteiger partial charge in [0.15, 0.2) is 15.8 Å². The van der Waals surface area contributed by atoms with Gasteiger partial charge >= 0.3 is 5.97 Å². The highest BCUT2D eigenvalue weighted by Crippen LogP contribution is 2.19. The molecule has 1 heterocycles. The summed E-state index contributed by atoms with van der Waals surface area (Å²) in [6.07, 6.45) is 2.70. The van der Waals surface area contributed by atoms with Crippen LogP contribution in [0.4, 0.5) is 0 Å². The van der Waals surface area contributed by atoms with Gasteiger partial charge in [-0.25, -0.2) is 8.42 Å². The Morgan fingerprint density at radius 2 is 1.88 bits per heavy atom. The number of guanidine groups is 1. The van der Waals surface area contributed by atoms with Crippen molar-refractivity contribution < 1.29 is 17.9 Å². The summed E-state index contributed by atoms with van der Waals surface area (Å²) in [5.74, 6) is 0.633. The van der Waals surface area contributed by atoms with Crippen LogP contribution in [-0.2, 0) is 25.9 Å². The number of hydrogen-bond acceptors (Lipinski definition) is 5. The molecule has 1 N–H and O–H groups in total. The standard InChI is InChI=1S/C18H27N3O4S/c1-4-25-17(22)15-9-11-21(12-10-15)18(19-2)20-13-14-5-7-16(8-6-14)26(3,23)24/h5-8,15H,4,9-13H2,1-3H3,(H,19,20). The highest BCUT2D eigenvalue weighted by molar-refractivity contribution is 7.90. The number of nitrogens with zero attached hydrogens (tertiary/aromatic N) is 2. The fourth-order valence-electron chi connectivity index (χ4n) is 2.96. The van der Waals surface area contributed by atoms with Gasteiger partial charge in [-0.1, -0.05) is 12.1 Å². The van der Waals surface area contributed by atoms with E-state index in [0.29, 0.717) is 18.0 Å². The van der Waals surface area contributed by atoms with Crippen molar-refractivity contribution in [2.45, 2.75) is 31.2 Å². The Labute approximate surface area is 155 Å². The molecule has 26 heavy (non-hydrogen) atoms. The fraction of sp³-hybridized carbons (Fsp3) is 0.556. The average molecular weight is 381 g/mol. The van der Waals surface area contributed by atoms with Gasteiger partial charge in [0.2, 0.25) is 0 Å². The first-order chi connectivity index (χ1) is 12.3. The summed E-state index contributed by atoms with van der Waals surface area (Å²) < 4.78 is 28.1. The Hall–Kier alpha value is -2.09. The maximum absolute atomic E-state index is 11.8. The van der Waals surface area contributed by atoms with Crippen LogP contribution in [0.5, 0.6) is 0 Å². The molecule has 0 atom stereocenters. The zero-order valence-corrected chi connectivity index (χ0v) is 16.4. The van der Waals surface area contributed by atoms with E-state index in [1.54, 1.807) is 31.3 Å². The van der Waals surface area contributed by atoms with E-state index in [2.05, 4.69) is 15.2 Å². The molecule has 2 rings (SSSR count). The molecule has 1 aromatic carbocycles. The van der Waals surface area contributed by atoms with Gasteiger partial charge in [-0.15, -0.1) is 0 Å². The summed E-state index contributed by atoms with van der Waals surface area (Å²) in [6, 6.07) is 6.81. The Morgan fingerprint density at radius 1 is 1.27 bits per heavy atom. The van der Waals surface area contributed by atoms with Crippen LogP contribution in [-0.4, -0.2) is 58.2 Å². The molecule has 0 bridgehead atoms. The maximum atomic E-state index is 11.8. The largest absolute Gasteiger partial charge is 0.466 e. The highest BCUT2D eigenvalue weighted by Gasteiger charge is 2.27. The molecule has 0 saturated carbocycles. The molecule has 0 aromatic heterocycles.